The van der Waals surface area contributed by atoms with Gasteiger partial charge in [0.25, 0.3) is 0 Å². The van der Waals surface area contributed by atoms with E-state index in [9.17, 15) is 4.79 Å². The number of thiophene rings is 1. The summed E-state index contributed by atoms with van der Waals surface area (Å²) in [5.74, 6) is 0. The summed E-state index contributed by atoms with van der Waals surface area (Å²) in [6.07, 6.45) is 0. The van der Waals surface area contributed by atoms with E-state index < -0.39 is 0 Å². The summed E-state index contributed by atoms with van der Waals surface area (Å²) < 4.78 is 5.31. The van der Waals surface area contributed by atoms with E-state index in [1.807, 2.05) is 19.1 Å². The monoisotopic (exact) mass is 299 g/mol. The van der Waals surface area contributed by atoms with Crippen molar-refractivity contribution in [3.05, 3.63) is 67.7 Å². The minimum Gasteiger partial charge on any atom is -0.423 e. The van der Waals surface area contributed by atoms with E-state index >= 15 is 0 Å². The van der Waals surface area contributed by atoms with Crippen LogP contribution in [0.2, 0.25) is 0 Å². The van der Waals surface area contributed by atoms with Gasteiger partial charge in [-0.05, 0) is 54.1 Å². The third kappa shape index (κ3) is 3.06. The van der Waals surface area contributed by atoms with Crippen LogP contribution in [0, 0.1) is 13.8 Å². The molecule has 4 heteroatoms. The van der Waals surface area contributed by atoms with Gasteiger partial charge in [0.1, 0.15) is 5.58 Å². The summed E-state index contributed by atoms with van der Waals surface area (Å²) in [6.45, 7) is 5.56. The highest BCUT2D eigenvalue weighted by atomic mass is 32.1. The molecule has 0 aliphatic rings. The number of aryl methyl sites for hydroxylation is 2. The van der Waals surface area contributed by atoms with Crippen LogP contribution in [0.25, 0.3) is 11.0 Å². The molecule has 3 aromatic rings. The molecule has 0 aliphatic carbocycles. The largest absolute Gasteiger partial charge is 0.423 e. The van der Waals surface area contributed by atoms with Gasteiger partial charge in [0.05, 0.1) is 0 Å². The van der Waals surface area contributed by atoms with Crippen molar-refractivity contribution in [1.29, 1.82) is 0 Å². The summed E-state index contributed by atoms with van der Waals surface area (Å²) in [5, 5.41) is 6.46. The fourth-order valence-corrected chi connectivity index (χ4v) is 3.04. The highest BCUT2D eigenvalue weighted by Gasteiger charge is 2.07. The molecular formula is C17H17NO2S. The predicted molar refractivity (Wildman–Crippen MR) is 86.8 cm³/mol. The summed E-state index contributed by atoms with van der Waals surface area (Å²) >= 11 is 1.73. The Balaban J connectivity index is 1.90. The van der Waals surface area contributed by atoms with Crippen molar-refractivity contribution >= 4 is 22.3 Å². The van der Waals surface area contributed by atoms with Crippen molar-refractivity contribution < 1.29 is 4.42 Å². The predicted octanol–water partition coefficient (Wildman–Crippen LogP) is 3.76. The third-order valence-corrected chi connectivity index (χ3v) is 4.52. The summed E-state index contributed by atoms with van der Waals surface area (Å²) in [7, 11) is 0. The smallest absolute Gasteiger partial charge is 0.336 e. The Labute approximate surface area is 127 Å². The average Bonchev–Trinajstić information content (AvgIpc) is 2.94. The molecule has 108 valence electrons. The highest BCUT2D eigenvalue weighted by Crippen LogP contribution is 2.21. The lowest BCUT2D eigenvalue weighted by Gasteiger charge is -2.09. The molecule has 2 aromatic heterocycles. The molecule has 2 heterocycles. The maximum atomic E-state index is 11.7. The summed E-state index contributed by atoms with van der Waals surface area (Å²) in [6, 6.07) is 9.76. The van der Waals surface area contributed by atoms with Gasteiger partial charge in [-0.2, -0.15) is 0 Å². The lowest BCUT2D eigenvalue weighted by atomic mass is 10.0. The van der Waals surface area contributed by atoms with Crippen LogP contribution in [-0.4, -0.2) is 0 Å². The maximum absolute atomic E-state index is 11.7. The van der Waals surface area contributed by atoms with E-state index in [2.05, 4.69) is 29.8 Å². The van der Waals surface area contributed by atoms with Crippen molar-refractivity contribution in [2.45, 2.75) is 26.9 Å². The van der Waals surface area contributed by atoms with Crippen LogP contribution in [0.4, 0.5) is 0 Å². The maximum Gasteiger partial charge on any atom is 0.336 e. The van der Waals surface area contributed by atoms with Gasteiger partial charge in [-0.3, -0.25) is 0 Å². The first kappa shape index (κ1) is 14.0. The number of hydrogen-bond acceptors (Lipinski definition) is 4. The minimum absolute atomic E-state index is 0.293. The molecular weight excluding hydrogens is 282 g/mol. The molecule has 0 amide bonds. The summed E-state index contributed by atoms with van der Waals surface area (Å²) in [4.78, 5) is 13.0. The van der Waals surface area contributed by atoms with Crippen molar-refractivity contribution in [1.82, 2.24) is 5.32 Å². The zero-order chi connectivity index (χ0) is 14.8. The summed E-state index contributed by atoms with van der Waals surface area (Å²) in [5.41, 5.74) is 3.70. The molecule has 0 bridgehead atoms. The van der Waals surface area contributed by atoms with Gasteiger partial charge in [-0.15, -0.1) is 11.3 Å². The molecule has 0 fully saturated rings. The number of hydrogen-bond donors (Lipinski definition) is 1. The molecule has 0 spiro atoms. The van der Waals surface area contributed by atoms with E-state index in [1.165, 1.54) is 10.4 Å². The number of fused-ring (bicyclic) bond motifs is 1. The van der Waals surface area contributed by atoms with Crippen LogP contribution in [-0.2, 0) is 13.1 Å². The highest BCUT2D eigenvalue weighted by molar-refractivity contribution is 7.09. The molecule has 3 nitrogen and oxygen atoms in total. The van der Waals surface area contributed by atoms with Crippen molar-refractivity contribution in [3.8, 4) is 0 Å². The van der Waals surface area contributed by atoms with Gasteiger partial charge in [-0.25, -0.2) is 4.79 Å². The van der Waals surface area contributed by atoms with Gasteiger partial charge in [0, 0.05) is 29.4 Å². The molecule has 0 radical (unpaired) electrons. The standard InChI is InChI=1S/C17H17NO2S/c1-11-6-15-13(9-18-10-14-4-3-5-21-14)8-17(19)20-16(15)7-12(11)2/h3-8,18H,9-10H2,1-2H3. The number of rotatable bonds is 4. The molecule has 0 saturated heterocycles. The fraction of sp³-hybridized carbons (Fsp3) is 0.235. The lowest BCUT2D eigenvalue weighted by Crippen LogP contribution is -2.14. The van der Waals surface area contributed by atoms with E-state index in [1.54, 1.807) is 17.4 Å². The average molecular weight is 299 g/mol. The van der Waals surface area contributed by atoms with Gasteiger partial charge in [0.15, 0.2) is 0 Å². The number of benzene rings is 1. The molecule has 0 saturated carbocycles. The topological polar surface area (TPSA) is 42.2 Å². The molecule has 0 aliphatic heterocycles. The first-order valence-corrected chi connectivity index (χ1v) is 7.78. The number of nitrogens with one attached hydrogen (secondary N) is 1. The van der Waals surface area contributed by atoms with E-state index in [0.29, 0.717) is 12.1 Å². The molecule has 0 unspecified atom stereocenters. The fourth-order valence-electron chi connectivity index (χ4n) is 2.36. The second kappa shape index (κ2) is 5.84. The molecule has 1 N–H and O–H groups in total. The second-order valence-electron chi connectivity index (χ2n) is 5.21. The van der Waals surface area contributed by atoms with Crippen LogP contribution in [0.1, 0.15) is 21.6 Å². The normalized spacial score (nSPS) is 11.1. The molecule has 0 atom stereocenters. The Bertz CT molecular complexity index is 819. The van der Waals surface area contributed by atoms with Gasteiger partial charge < -0.3 is 9.73 Å². The van der Waals surface area contributed by atoms with Crippen molar-refractivity contribution in [3.63, 3.8) is 0 Å². The van der Waals surface area contributed by atoms with E-state index in [-0.39, 0.29) is 5.63 Å². The van der Waals surface area contributed by atoms with Gasteiger partial charge in [-0.1, -0.05) is 6.07 Å². The first-order valence-electron chi connectivity index (χ1n) is 6.90. The minimum atomic E-state index is -0.293. The zero-order valence-corrected chi connectivity index (χ0v) is 12.9. The van der Waals surface area contributed by atoms with Crippen molar-refractivity contribution in [2.75, 3.05) is 0 Å². The first-order chi connectivity index (χ1) is 10.1. The van der Waals surface area contributed by atoms with Crippen LogP contribution in [0.3, 0.4) is 0 Å². The third-order valence-electron chi connectivity index (χ3n) is 3.64. The van der Waals surface area contributed by atoms with Crippen LogP contribution in [0.15, 0.2) is 44.9 Å². The Morgan fingerprint density at radius 1 is 1.14 bits per heavy atom. The van der Waals surface area contributed by atoms with Crippen LogP contribution < -0.4 is 10.9 Å². The molecule has 21 heavy (non-hydrogen) atoms. The molecule has 1 aromatic carbocycles. The van der Waals surface area contributed by atoms with Crippen LogP contribution >= 0.6 is 11.3 Å². The van der Waals surface area contributed by atoms with Gasteiger partial charge >= 0.3 is 5.63 Å². The second-order valence-corrected chi connectivity index (χ2v) is 6.24. The van der Waals surface area contributed by atoms with Gasteiger partial charge in [0.2, 0.25) is 0 Å². The Hall–Kier alpha value is -1.91. The van der Waals surface area contributed by atoms with E-state index in [0.717, 1.165) is 23.1 Å². The molecule has 3 rings (SSSR count). The quantitative estimate of drug-likeness (QED) is 0.746. The van der Waals surface area contributed by atoms with Crippen LogP contribution in [0.5, 0.6) is 0 Å². The lowest BCUT2D eigenvalue weighted by molar-refractivity contribution is 0.556. The zero-order valence-electron chi connectivity index (χ0n) is 12.1. The van der Waals surface area contributed by atoms with E-state index in [4.69, 9.17) is 4.42 Å². The Morgan fingerprint density at radius 2 is 1.95 bits per heavy atom. The Kier molecular flexibility index (Phi) is 3.90. The SMILES string of the molecule is Cc1cc2oc(=O)cc(CNCc3cccs3)c2cc1C. The Morgan fingerprint density at radius 3 is 2.71 bits per heavy atom. The van der Waals surface area contributed by atoms with Crippen molar-refractivity contribution in [2.24, 2.45) is 0 Å².